The first-order valence-electron chi connectivity index (χ1n) is 7.96. The average molecular weight is 328 g/mol. The van der Waals surface area contributed by atoms with E-state index in [0.29, 0.717) is 5.56 Å². The highest BCUT2D eigenvalue weighted by molar-refractivity contribution is 6.13. The number of hydrogen-bond donors (Lipinski definition) is 1. The molecule has 4 rings (SSSR count). The second kappa shape index (κ2) is 6.20. The number of nitrogens with zero attached hydrogens (tertiary/aromatic N) is 3. The molecule has 4 aromatic rings. The first kappa shape index (κ1) is 15.1. The van der Waals surface area contributed by atoms with E-state index in [-0.39, 0.29) is 5.91 Å². The summed E-state index contributed by atoms with van der Waals surface area (Å²) in [6.07, 6.45) is 1.65. The van der Waals surface area contributed by atoms with Crippen molar-refractivity contribution in [2.75, 3.05) is 5.32 Å². The van der Waals surface area contributed by atoms with Gasteiger partial charge in [0.2, 0.25) is 0 Å². The standard InChI is InChI=1S/C20H16N4O/c1-24-13-21-23-19(24)15-8-4-9-16(12-15)22-20(25)18-11-5-7-14-6-2-3-10-17(14)18/h2-13H,1H3,(H,22,25). The number of anilines is 1. The van der Waals surface area contributed by atoms with E-state index < -0.39 is 0 Å². The van der Waals surface area contributed by atoms with Crippen LogP contribution in [-0.4, -0.2) is 20.7 Å². The number of carbonyl (C=O) groups excluding carboxylic acids is 1. The van der Waals surface area contributed by atoms with Crippen molar-refractivity contribution in [1.82, 2.24) is 14.8 Å². The summed E-state index contributed by atoms with van der Waals surface area (Å²) in [5.74, 6) is 0.619. The van der Waals surface area contributed by atoms with Crippen molar-refractivity contribution in [1.29, 1.82) is 0 Å². The number of amides is 1. The Bertz CT molecular complexity index is 1060. The maximum atomic E-state index is 12.7. The van der Waals surface area contributed by atoms with Crippen LogP contribution in [0.25, 0.3) is 22.2 Å². The summed E-state index contributed by atoms with van der Waals surface area (Å²) in [6.45, 7) is 0. The Hall–Kier alpha value is -3.47. The molecule has 1 heterocycles. The fourth-order valence-electron chi connectivity index (χ4n) is 2.90. The largest absolute Gasteiger partial charge is 0.322 e. The molecule has 0 fully saturated rings. The highest BCUT2D eigenvalue weighted by atomic mass is 16.1. The van der Waals surface area contributed by atoms with Crippen LogP contribution in [0.1, 0.15) is 10.4 Å². The van der Waals surface area contributed by atoms with Crippen molar-refractivity contribution in [3.8, 4) is 11.4 Å². The summed E-state index contributed by atoms with van der Waals surface area (Å²) in [6, 6.07) is 21.2. The third kappa shape index (κ3) is 2.87. The first-order chi connectivity index (χ1) is 12.2. The lowest BCUT2D eigenvalue weighted by atomic mass is 10.0. The molecule has 0 aliphatic rings. The Labute approximate surface area is 144 Å². The SMILES string of the molecule is Cn1cnnc1-c1cccc(NC(=O)c2cccc3ccccc23)c1. The molecule has 0 radical (unpaired) electrons. The fraction of sp³-hybridized carbons (Fsp3) is 0.0500. The van der Waals surface area contributed by atoms with E-state index in [4.69, 9.17) is 0 Å². The number of aromatic nitrogens is 3. The zero-order valence-corrected chi connectivity index (χ0v) is 13.7. The second-order valence-electron chi connectivity index (χ2n) is 5.83. The average Bonchev–Trinajstić information content (AvgIpc) is 3.07. The van der Waals surface area contributed by atoms with E-state index >= 15 is 0 Å². The molecule has 1 amide bonds. The van der Waals surface area contributed by atoms with Crippen LogP contribution in [0, 0.1) is 0 Å². The van der Waals surface area contributed by atoms with Crippen LogP contribution in [-0.2, 0) is 7.05 Å². The predicted octanol–water partition coefficient (Wildman–Crippen LogP) is 3.89. The van der Waals surface area contributed by atoms with Gasteiger partial charge in [0.25, 0.3) is 5.91 Å². The van der Waals surface area contributed by atoms with Crippen molar-refractivity contribution >= 4 is 22.4 Å². The van der Waals surface area contributed by atoms with Gasteiger partial charge in [0, 0.05) is 23.9 Å². The van der Waals surface area contributed by atoms with Gasteiger partial charge < -0.3 is 9.88 Å². The molecule has 1 aromatic heterocycles. The summed E-state index contributed by atoms with van der Waals surface area (Å²) < 4.78 is 1.84. The molecule has 0 spiro atoms. The summed E-state index contributed by atoms with van der Waals surface area (Å²) >= 11 is 0. The van der Waals surface area contributed by atoms with E-state index in [9.17, 15) is 4.79 Å². The van der Waals surface area contributed by atoms with Crippen molar-refractivity contribution in [2.24, 2.45) is 7.05 Å². The number of hydrogen-bond acceptors (Lipinski definition) is 3. The minimum Gasteiger partial charge on any atom is -0.322 e. The van der Waals surface area contributed by atoms with E-state index in [1.165, 1.54) is 0 Å². The third-order valence-electron chi connectivity index (χ3n) is 4.12. The Morgan fingerprint density at radius 3 is 2.64 bits per heavy atom. The summed E-state index contributed by atoms with van der Waals surface area (Å²) in [4.78, 5) is 12.7. The number of rotatable bonds is 3. The molecule has 5 nitrogen and oxygen atoms in total. The van der Waals surface area contributed by atoms with Crippen LogP contribution in [0.4, 0.5) is 5.69 Å². The van der Waals surface area contributed by atoms with Crippen LogP contribution in [0.15, 0.2) is 73.1 Å². The number of aryl methyl sites for hydroxylation is 1. The van der Waals surface area contributed by atoms with Crippen molar-refractivity contribution in [3.63, 3.8) is 0 Å². The summed E-state index contributed by atoms with van der Waals surface area (Å²) in [5, 5.41) is 13.0. The van der Waals surface area contributed by atoms with Crippen LogP contribution < -0.4 is 5.32 Å². The van der Waals surface area contributed by atoms with Crippen molar-refractivity contribution in [2.45, 2.75) is 0 Å². The molecule has 0 saturated heterocycles. The number of nitrogens with one attached hydrogen (secondary N) is 1. The Morgan fingerprint density at radius 1 is 1.00 bits per heavy atom. The van der Waals surface area contributed by atoms with Crippen LogP contribution >= 0.6 is 0 Å². The smallest absolute Gasteiger partial charge is 0.256 e. The monoisotopic (exact) mass is 328 g/mol. The van der Waals surface area contributed by atoms with Gasteiger partial charge in [-0.15, -0.1) is 10.2 Å². The molecule has 0 aliphatic carbocycles. The number of carbonyl (C=O) groups is 1. The van der Waals surface area contributed by atoms with E-state index in [0.717, 1.165) is 27.8 Å². The topological polar surface area (TPSA) is 59.8 Å². The molecule has 5 heteroatoms. The van der Waals surface area contributed by atoms with Gasteiger partial charge in [-0.3, -0.25) is 4.79 Å². The highest BCUT2D eigenvalue weighted by Crippen LogP contribution is 2.23. The molecule has 0 unspecified atom stereocenters. The highest BCUT2D eigenvalue weighted by Gasteiger charge is 2.11. The maximum Gasteiger partial charge on any atom is 0.256 e. The number of benzene rings is 3. The van der Waals surface area contributed by atoms with Crippen molar-refractivity contribution in [3.05, 3.63) is 78.6 Å². The molecular weight excluding hydrogens is 312 g/mol. The lowest BCUT2D eigenvalue weighted by molar-refractivity contribution is 0.102. The van der Waals surface area contributed by atoms with Gasteiger partial charge in [-0.1, -0.05) is 48.5 Å². The molecule has 1 N–H and O–H groups in total. The molecule has 0 saturated carbocycles. The normalized spacial score (nSPS) is 10.8. The Kier molecular flexibility index (Phi) is 3.74. The maximum absolute atomic E-state index is 12.7. The van der Waals surface area contributed by atoms with Crippen molar-refractivity contribution < 1.29 is 4.79 Å². The third-order valence-corrected chi connectivity index (χ3v) is 4.12. The minimum absolute atomic E-state index is 0.132. The zero-order chi connectivity index (χ0) is 17.2. The number of fused-ring (bicyclic) bond motifs is 1. The minimum atomic E-state index is -0.132. The van der Waals surface area contributed by atoms with Crippen LogP contribution in [0.3, 0.4) is 0 Å². The van der Waals surface area contributed by atoms with E-state index in [1.807, 2.05) is 78.3 Å². The van der Waals surface area contributed by atoms with Crippen LogP contribution in [0.2, 0.25) is 0 Å². The molecule has 0 aliphatic heterocycles. The van der Waals surface area contributed by atoms with E-state index in [1.54, 1.807) is 6.33 Å². The Morgan fingerprint density at radius 2 is 1.80 bits per heavy atom. The van der Waals surface area contributed by atoms with Gasteiger partial charge in [-0.2, -0.15) is 0 Å². The molecule has 25 heavy (non-hydrogen) atoms. The fourth-order valence-corrected chi connectivity index (χ4v) is 2.90. The van der Waals surface area contributed by atoms with Gasteiger partial charge in [0.15, 0.2) is 5.82 Å². The van der Waals surface area contributed by atoms with Gasteiger partial charge in [0.1, 0.15) is 6.33 Å². The van der Waals surface area contributed by atoms with E-state index in [2.05, 4.69) is 15.5 Å². The molecule has 0 atom stereocenters. The predicted molar refractivity (Wildman–Crippen MR) is 98.3 cm³/mol. The molecule has 3 aromatic carbocycles. The van der Waals surface area contributed by atoms with Gasteiger partial charge in [-0.05, 0) is 29.0 Å². The summed E-state index contributed by atoms with van der Waals surface area (Å²) in [5.41, 5.74) is 2.27. The van der Waals surface area contributed by atoms with Gasteiger partial charge in [0.05, 0.1) is 0 Å². The lowest BCUT2D eigenvalue weighted by Crippen LogP contribution is -2.12. The molecule has 0 bridgehead atoms. The molecular formula is C20H16N4O. The van der Waals surface area contributed by atoms with Gasteiger partial charge in [-0.25, -0.2) is 0 Å². The quantitative estimate of drug-likeness (QED) is 0.621. The van der Waals surface area contributed by atoms with Crippen LogP contribution in [0.5, 0.6) is 0 Å². The Balaban J connectivity index is 1.66. The first-order valence-corrected chi connectivity index (χ1v) is 7.96. The lowest BCUT2D eigenvalue weighted by Gasteiger charge is -2.09. The summed E-state index contributed by atoms with van der Waals surface area (Å²) in [7, 11) is 1.89. The zero-order valence-electron chi connectivity index (χ0n) is 13.7. The van der Waals surface area contributed by atoms with Gasteiger partial charge >= 0.3 is 0 Å². The second-order valence-corrected chi connectivity index (χ2v) is 5.83. The molecule has 122 valence electrons.